The fraction of sp³-hybridized carbons (Fsp3) is 0. The maximum Gasteiger partial charge on any atom is 0.0763 e. The summed E-state index contributed by atoms with van der Waals surface area (Å²) in [5.41, 5.74) is 2.27. The van der Waals surface area contributed by atoms with Crippen LogP contribution in [0.25, 0.3) is 0 Å². The predicted molar refractivity (Wildman–Crippen MR) is 69.5 cm³/mol. The minimum Gasteiger partial charge on any atom is -0.332 e. The molecular formula is C15H14N. The van der Waals surface area contributed by atoms with Gasteiger partial charge in [-0.1, -0.05) is 42.5 Å². The van der Waals surface area contributed by atoms with Gasteiger partial charge >= 0.3 is 0 Å². The molecule has 0 heterocycles. The van der Waals surface area contributed by atoms with Gasteiger partial charge in [0.15, 0.2) is 0 Å². The molecule has 0 aromatic heterocycles. The topological polar surface area (TPSA) is 3.24 Å². The van der Waals surface area contributed by atoms with Crippen LogP contribution >= 0.6 is 0 Å². The van der Waals surface area contributed by atoms with Gasteiger partial charge in [0.1, 0.15) is 0 Å². The zero-order valence-corrected chi connectivity index (χ0v) is 9.08. The number of benzene rings is 2. The van der Waals surface area contributed by atoms with Crippen LogP contribution in [0.2, 0.25) is 0 Å². The van der Waals surface area contributed by atoms with Crippen LogP contribution < -0.4 is 4.90 Å². The molecule has 0 aliphatic carbocycles. The van der Waals surface area contributed by atoms with Crippen molar-refractivity contribution in [1.82, 2.24) is 0 Å². The molecule has 0 unspecified atom stereocenters. The van der Waals surface area contributed by atoms with Gasteiger partial charge in [-0.15, -0.1) is 6.58 Å². The number of rotatable bonds is 4. The normalized spacial score (nSPS) is 9.75. The largest absolute Gasteiger partial charge is 0.332 e. The predicted octanol–water partition coefficient (Wildman–Crippen LogP) is 4.17. The highest BCUT2D eigenvalue weighted by Crippen LogP contribution is 2.25. The van der Waals surface area contributed by atoms with Crippen molar-refractivity contribution in [1.29, 1.82) is 0 Å². The van der Waals surface area contributed by atoms with Gasteiger partial charge in [-0.2, -0.15) is 0 Å². The van der Waals surface area contributed by atoms with Crippen LogP contribution in [0.3, 0.4) is 0 Å². The Morgan fingerprint density at radius 2 is 1.19 bits per heavy atom. The van der Waals surface area contributed by atoms with E-state index < -0.39 is 0 Å². The highest BCUT2D eigenvalue weighted by Gasteiger charge is 2.05. The zero-order chi connectivity index (χ0) is 11.2. The van der Waals surface area contributed by atoms with Crippen LogP contribution in [0, 0.1) is 6.54 Å². The average molecular weight is 208 g/mol. The first kappa shape index (κ1) is 10.5. The van der Waals surface area contributed by atoms with E-state index in [4.69, 9.17) is 0 Å². The summed E-state index contributed by atoms with van der Waals surface area (Å²) in [6.07, 6.45) is 1.79. The van der Waals surface area contributed by atoms with Crippen LogP contribution in [-0.2, 0) is 0 Å². The van der Waals surface area contributed by atoms with Crippen LogP contribution in [0.5, 0.6) is 0 Å². The summed E-state index contributed by atoms with van der Waals surface area (Å²) in [5.74, 6) is 0. The zero-order valence-electron chi connectivity index (χ0n) is 9.08. The molecule has 0 bridgehead atoms. The third kappa shape index (κ3) is 2.31. The molecular weight excluding hydrogens is 194 g/mol. The smallest absolute Gasteiger partial charge is 0.0763 e. The molecule has 0 saturated carbocycles. The number of para-hydroxylation sites is 2. The Morgan fingerprint density at radius 3 is 1.56 bits per heavy atom. The van der Waals surface area contributed by atoms with Crippen molar-refractivity contribution in [2.45, 2.75) is 0 Å². The van der Waals surface area contributed by atoms with E-state index in [2.05, 4.69) is 35.7 Å². The summed E-state index contributed by atoms with van der Waals surface area (Å²) in [7, 11) is 0. The van der Waals surface area contributed by atoms with Gasteiger partial charge in [-0.25, -0.2) is 0 Å². The highest BCUT2D eigenvalue weighted by atomic mass is 15.1. The van der Waals surface area contributed by atoms with Gasteiger partial charge in [0.2, 0.25) is 0 Å². The average Bonchev–Trinajstić information content (AvgIpc) is 2.38. The Kier molecular flexibility index (Phi) is 3.39. The van der Waals surface area contributed by atoms with Gasteiger partial charge < -0.3 is 4.90 Å². The fourth-order valence-corrected chi connectivity index (χ4v) is 1.60. The van der Waals surface area contributed by atoms with E-state index in [1.54, 1.807) is 6.08 Å². The number of anilines is 2. The summed E-state index contributed by atoms with van der Waals surface area (Å²) in [6, 6.07) is 20.5. The van der Waals surface area contributed by atoms with Crippen LogP contribution in [-0.4, -0.2) is 0 Å². The molecule has 0 aliphatic rings. The second kappa shape index (κ2) is 5.17. The minimum absolute atomic E-state index is 1.13. The summed E-state index contributed by atoms with van der Waals surface area (Å²) in [5, 5.41) is 0. The Hall–Kier alpha value is -2.02. The lowest BCUT2D eigenvalue weighted by Gasteiger charge is -2.22. The third-order valence-electron chi connectivity index (χ3n) is 2.32. The quantitative estimate of drug-likeness (QED) is 0.728. The summed E-state index contributed by atoms with van der Waals surface area (Å²) >= 11 is 0. The molecule has 0 aliphatic heterocycles. The maximum absolute atomic E-state index is 3.75. The molecule has 0 amide bonds. The highest BCUT2D eigenvalue weighted by molar-refractivity contribution is 5.65. The lowest BCUT2D eigenvalue weighted by Crippen LogP contribution is -2.11. The summed E-state index contributed by atoms with van der Waals surface area (Å²) in [4.78, 5) is 2.10. The number of nitrogens with zero attached hydrogens (tertiary/aromatic N) is 1. The molecule has 0 fully saturated rings. The molecule has 0 atom stereocenters. The molecule has 79 valence electrons. The fourth-order valence-electron chi connectivity index (χ4n) is 1.60. The molecule has 0 spiro atoms. The molecule has 0 saturated heterocycles. The van der Waals surface area contributed by atoms with Gasteiger partial charge in [0.25, 0.3) is 0 Å². The lowest BCUT2D eigenvalue weighted by atomic mass is 10.2. The number of hydrogen-bond acceptors (Lipinski definition) is 1. The SMILES string of the molecule is C=C[CH]N(c1ccccc1)c1ccccc1. The van der Waals surface area contributed by atoms with Crippen LogP contribution in [0.1, 0.15) is 0 Å². The third-order valence-corrected chi connectivity index (χ3v) is 2.32. The Bertz CT molecular complexity index is 394. The van der Waals surface area contributed by atoms with E-state index in [0.29, 0.717) is 0 Å². The lowest BCUT2D eigenvalue weighted by molar-refractivity contribution is 1.21. The van der Waals surface area contributed by atoms with Crippen molar-refractivity contribution in [3.05, 3.63) is 79.9 Å². The van der Waals surface area contributed by atoms with E-state index in [9.17, 15) is 0 Å². The Balaban J connectivity index is 2.35. The molecule has 0 N–H and O–H groups in total. The monoisotopic (exact) mass is 208 g/mol. The molecule has 16 heavy (non-hydrogen) atoms. The minimum atomic E-state index is 1.13. The van der Waals surface area contributed by atoms with Crippen molar-refractivity contribution in [3.63, 3.8) is 0 Å². The van der Waals surface area contributed by atoms with Crippen molar-refractivity contribution < 1.29 is 0 Å². The van der Waals surface area contributed by atoms with E-state index in [1.807, 2.05) is 42.9 Å². The standard InChI is InChI=1S/C15H14N/c1-2-13-16(14-9-5-3-6-10-14)15-11-7-4-8-12-15/h2-13H,1H2. The van der Waals surface area contributed by atoms with Crippen molar-refractivity contribution in [3.8, 4) is 0 Å². The Morgan fingerprint density at radius 1 is 0.750 bits per heavy atom. The van der Waals surface area contributed by atoms with E-state index in [0.717, 1.165) is 11.4 Å². The summed E-state index contributed by atoms with van der Waals surface area (Å²) in [6.45, 7) is 5.72. The molecule has 1 radical (unpaired) electrons. The Labute approximate surface area is 96.7 Å². The van der Waals surface area contributed by atoms with Crippen molar-refractivity contribution in [2.75, 3.05) is 4.90 Å². The number of hydrogen-bond donors (Lipinski definition) is 0. The van der Waals surface area contributed by atoms with Crippen molar-refractivity contribution >= 4 is 11.4 Å². The molecule has 1 heteroatoms. The van der Waals surface area contributed by atoms with Crippen LogP contribution in [0.15, 0.2) is 73.3 Å². The van der Waals surface area contributed by atoms with Crippen molar-refractivity contribution in [2.24, 2.45) is 0 Å². The first-order valence-electron chi connectivity index (χ1n) is 5.27. The molecule has 2 aromatic rings. The van der Waals surface area contributed by atoms with E-state index >= 15 is 0 Å². The second-order valence-corrected chi connectivity index (χ2v) is 3.43. The van der Waals surface area contributed by atoms with Gasteiger partial charge in [0, 0.05) is 11.4 Å². The van der Waals surface area contributed by atoms with E-state index in [-0.39, 0.29) is 0 Å². The maximum atomic E-state index is 3.75. The first-order chi connectivity index (χ1) is 7.92. The molecule has 2 aromatic carbocycles. The first-order valence-corrected chi connectivity index (χ1v) is 5.27. The van der Waals surface area contributed by atoms with Crippen LogP contribution in [0.4, 0.5) is 11.4 Å². The van der Waals surface area contributed by atoms with Gasteiger partial charge in [0.05, 0.1) is 6.54 Å². The molecule has 2 rings (SSSR count). The molecule has 1 nitrogen and oxygen atoms in total. The summed E-state index contributed by atoms with van der Waals surface area (Å²) < 4.78 is 0. The van der Waals surface area contributed by atoms with E-state index in [1.165, 1.54) is 0 Å². The van der Waals surface area contributed by atoms with Gasteiger partial charge in [-0.3, -0.25) is 0 Å². The second-order valence-electron chi connectivity index (χ2n) is 3.43. The van der Waals surface area contributed by atoms with Gasteiger partial charge in [-0.05, 0) is 24.3 Å².